The summed E-state index contributed by atoms with van der Waals surface area (Å²) in [5.41, 5.74) is 2.68. The largest absolute Gasteiger partial charge is 0.496 e. The third-order valence-electron chi connectivity index (χ3n) is 4.24. The molecule has 0 aliphatic carbocycles. The van der Waals surface area contributed by atoms with Gasteiger partial charge >= 0.3 is 0 Å². The Morgan fingerprint density at radius 3 is 2.52 bits per heavy atom. The molecule has 27 heavy (non-hydrogen) atoms. The lowest BCUT2D eigenvalue weighted by Crippen LogP contribution is -1.90. The van der Waals surface area contributed by atoms with E-state index in [2.05, 4.69) is 17.1 Å². The van der Waals surface area contributed by atoms with Crippen LogP contribution in [0.5, 0.6) is 5.75 Å². The van der Waals surface area contributed by atoms with E-state index in [0.29, 0.717) is 5.70 Å². The van der Waals surface area contributed by atoms with Crippen LogP contribution in [-0.2, 0) is 10.5 Å². The summed E-state index contributed by atoms with van der Waals surface area (Å²) < 4.78 is 6.24. The molecule has 0 atom stereocenters. The predicted molar refractivity (Wildman–Crippen MR) is 116 cm³/mol. The highest BCUT2D eigenvalue weighted by Gasteiger charge is 2.22. The summed E-state index contributed by atoms with van der Waals surface area (Å²) in [6, 6.07) is 22.1. The zero-order valence-electron chi connectivity index (χ0n) is 14.7. The SMILES string of the molecule is COc1ccc(C=C2N=C(SCc3ccccc3)SC2=O)c2ccccc12. The zero-order valence-corrected chi connectivity index (χ0v) is 16.3. The first-order valence-corrected chi connectivity index (χ1v) is 10.3. The van der Waals surface area contributed by atoms with E-state index in [4.69, 9.17) is 4.74 Å². The molecule has 3 aromatic carbocycles. The normalized spacial score (nSPS) is 15.4. The number of hydrogen-bond donors (Lipinski definition) is 0. The van der Waals surface area contributed by atoms with Crippen LogP contribution in [0.15, 0.2) is 77.4 Å². The number of fused-ring (bicyclic) bond motifs is 1. The molecule has 0 spiro atoms. The highest BCUT2D eigenvalue weighted by Crippen LogP contribution is 2.35. The fourth-order valence-corrected chi connectivity index (χ4v) is 4.71. The summed E-state index contributed by atoms with van der Waals surface area (Å²) in [6.07, 6.45) is 1.87. The third-order valence-corrected chi connectivity index (χ3v) is 6.32. The van der Waals surface area contributed by atoms with Crippen molar-refractivity contribution in [1.29, 1.82) is 0 Å². The highest BCUT2D eigenvalue weighted by molar-refractivity contribution is 8.45. The van der Waals surface area contributed by atoms with Gasteiger partial charge in [-0.1, -0.05) is 72.4 Å². The molecule has 0 saturated heterocycles. The predicted octanol–water partition coefficient (Wildman–Crippen LogP) is 5.75. The molecular formula is C22H17NO2S2. The number of rotatable bonds is 4. The van der Waals surface area contributed by atoms with Gasteiger partial charge in [0.25, 0.3) is 0 Å². The van der Waals surface area contributed by atoms with Crippen molar-refractivity contribution >= 4 is 49.9 Å². The van der Waals surface area contributed by atoms with Crippen LogP contribution in [0.4, 0.5) is 0 Å². The Kier molecular flexibility index (Phi) is 5.32. The van der Waals surface area contributed by atoms with Gasteiger partial charge in [-0.3, -0.25) is 4.79 Å². The van der Waals surface area contributed by atoms with Gasteiger partial charge in [-0.25, -0.2) is 4.99 Å². The lowest BCUT2D eigenvalue weighted by atomic mass is 10.0. The van der Waals surface area contributed by atoms with E-state index >= 15 is 0 Å². The topological polar surface area (TPSA) is 38.7 Å². The van der Waals surface area contributed by atoms with Crippen molar-refractivity contribution in [1.82, 2.24) is 0 Å². The number of carbonyl (C=O) groups excluding carboxylic acids is 1. The van der Waals surface area contributed by atoms with Crippen molar-refractivity contribution < 1.29 is 9.53 Å². The van der Waals surface area contributed by atoms with Crippen LogP contribution in [0, 0.1) is 0 Å². The summed E-state index contributed by atoms with van der Waals surface area (Å²) in [6.45, 7) is 0. The molecule has 0 radical (unpaired) electrons. The van der Waals surface area contributed by atoms with E-state index in [-0.39, 0.29) is 5.12 Å². The van der Waals surface area contributed by atoms with Gasteiger partial charge in [0.2, 0.25) is 5.12 Å². The summed E-state index contributed by atoms with van der Waals surface area (Å²) in [5.74, 6) is 1.63. The first-order valence-electron chi connectivity index (χ1n) is 8.49. The molecule has 4 rings (SSSR count). The fraction of sp³-hybridized carbons (Fsp3) is 0.0909. The number of benzene rings is 3. The molecule has 5 heteroatoms. The minimum atomic E-state index is -0.00883. The number of methoxy groups -OCH3 is 1. The summed E-state index contributed by atoms with van der Waals surface area (Å²) >= 11 is 2.80. The number of carbonyl (C=O) groups is 1. The molecule has 0 N–H and O–H groups in total. The zero-order chi connectivity index (χ0) is 18.6. The van der Waals surface area contributed by atoms with E-state index in [0.717, 1.165) is 32.2 Å². The average molecular weight is 392 g/mol. The van der Waals surface area contributed by atoms with E-state index in [1.807, 2.05) is 60.7 Å². The maximum Gasteiger partial charge on any atom is 0.244 e. The van der Waals surface area contributed by atoms with Crippen LogP contribution >= 0.6 is 23.5 Å². The molecule has 3 aromatic rings. The van der Waals surface area contributed by atoms with Crippen molar-refractivity contribution in [3.63, 3.8) is 0 Å². The fourth-order valence-electron chi connectivity index (χ4n) is 2.92. The molecule has 0 fully saturated rings. The molecule has 0 unspecified atom stereocenters. The van der Waals surface area contributed by atoms with Crippen LogP contribution in [0.3, 0.4) is 0 Å². The molecule has 1 aliphatic rings. The van der Waals surface area contributed by atoms with Crippen LogP contribution in [-0.4, -0.2) is 16.6 Å². The Morgan fingerprint density at radius 1 is 1.00 bits per heavy atom. The van der Waals surface area contributed by atoms with E-state index in [1.54, 1.807) is 18.9 Å². The lowest BCUT2D eigenvalue weighted by Gasteiger charge is -2.08. The Labute approximate surface area is 166 Å². The van der Waals surface area contributed by atoms with Crippen molar-refractivity contribution in [2.24, 2.45) is 4.99 Å². The van der Waals surface area contributed by atoms with Crippen LogP contribution in [0.2, 0.25) is 0 Å². The molecule has 0 saturated carbocycles. The smallest absolute Gasteiger partial charge is 0.244 e. The number of aliphatic imine (C=N–C) groups is 1. The van der Waals surface area contributed by atoms with Crippen molar-refractivity contribution in [2.45, 2.75) is 5.75 Å². The van der Waals surface area contributed by atoms with Crippen molar-refractivity contribution in [3.05, 3.63) is 83.6 Å². The standard InChI is InChI=1S/C22H17NO2S2/c1-25-20-12-11-16(17-9-5-6-10-18(17)20)13-19-21(24)27-22(23-19)26-14-15-7-3-2-4-8-15/h2-13H,14H2,1H3. The number of ether oxygens (including phenoxy) is 1. The van der Waals surface area contributed by atoms with Gasteiger partial charge < -0.3 is 4.74 Å². The molecule has 0 amide bonds. The molecule has 134 valence electrons. The molecule has 1 aliphatic heterocycles. The minimum Gasteiger partial charge on any atom is -0.496 e. The van der Waals surface area contributed by atoms with Gasteiger partial charge in [0.1, 0.15) is 15.8 Å². The Bertz CT molecular complexity index is 1060. The van der Waals surface area contributed by atoms with E-state index in [9.17, 15) is 4.79 Å². The second kappa shape index (κ2) is 8.03. The first-order chi connectivity index (χ1) is 13.2. The molecule has 0 aromatic heterocycles. The van der Waals surface area contributed by atoms with E-state index < -0.39 is 0 Å². The molecule has 0 bridgehead atoms. The van der Waals surface area contributed by atoms with E-state index in [1.165, 1.54) is 17.3 Å². The van der Waals surface area contributed by atoms with Crippen LogP contribution in [0.1, 0.15) is 11.1 Å². The number of hydrogen-bond acceptors (Lipinski definition) is 5. The Morgan fingerprint density at radius 2 is 1.74 bits per heavy atom. The minimum absolute atomic E-state index is 0.00883. The Balaban J connectivity index is 1.61. The monoisotopic (exact) mass is 391 g/mol. The molecule has 3 nitrogen and oxygen atoms in total. The van der Waals surface area contributed by atoms with Gasteiger partial charge in [-0.2, -0.15) is 0 Å². The second-order valence-electron chi connectivity index (χ2n) is 5.97. The van der Waals surface area contributed by atoms with Gasteiger partial charge in [0, 0.05) is 11.1 Å². The lowest BCUT2D eigenvalue weighted by molar-refractivity contribution is -0.107. The van der Waals surface area contributed by atoms with Gasteiger partial charge in [0.15, 0.2) is 0 Å². The van der Waals surface area contributed by atoms with Gasteiger partial charge in [-0.05, 0) is 40.4 Å². The third kappa shape index (κ3) is 3.94. The second-order valence-corrected chi connectivity index (χ2v) is 8.16. The summed E-state index contributed by atoms with van der Waals surface area (Å²) in [4.78, 5) is 17.0. The maximum atomic E-state index is 12.4. The van der Waals surface area contributed by atoms with Crippen LogP contribution in [0.25, 0.3) is 16.8 Å². The first kappa shape index (κ1) is 17.9. The molecular weight excluding hydrogens is 374 g/mol. The summed E-state index contributed by atoms with van der Waals surface area (Å²) in [5, 5.41) is 2.06. The Hall–Kier alpha value is -2.50. The maximum absolute atomic E-state index is 12.4. The molecule has 1 heterocycles. The number of nitrogens with zero attached hydrogens (tertiary/aromatic N) is 1. The van der Waals surface area contributed by atoms with Crippen molar-refractivity contribution in [2.75, 3.05) is 7.11 Å². The summed E-state index contributed by atoms with van der Waals surface area (Å²) in [7, 11) is 1.66. The van der Waals surface area contributed by atoms with Gasteiger partial charge in [-0.15, -0.1) is 0 Å². The van der Waals surface area contributed by atoms with Gasteiger partial charge in [0.05, 0.1) is 7.11 Å². The van der Waals surface area contributed by atoms with Crippen molar-refractivity contribution in [3.8, 4) is 5.75 Å². The average Bonchev–Trinajstić information content (AvgIpc) is 3.07. The number of thioether (sulfide) groups is 2. The highest BCUT2D eigenvalue weighted by atomic mass is 32.2. The van der Waals surface area contributed by atoms with Crippen LogP contribution < -0.4 is 4.74 Å². The quantitative estimate of drug-likeness (QED) is 0.531.